The molecule has 0 aliphatic rings. The van der Waals surface area contributed by atoms with E-state index in [-0.39, 0.29) is 11.5 Å². The van der Waals surface area contributed by atoms with Crippen molar-refractivity contribution in [2.75, 3.05) is 0 Å². The molecule has 0 aromatic heterocycles. The van der Waals surface area contributed by atoms with Crippen molar-refractivity contribution in [3.05, 3.63) is 54.1 Å². The highest BCUT2D eigenvalue weighted by molar-refractivity contribution is 5.88. The van der Waals surface area contributed by atoms with Crippen molar-refractivity contribution < 1.29 is 19.4 Å². The SMILES string of the molecule is CCCCCCCCCCCCC(=O)Oc1ccc(-c2ccc(C(=O)O)cc2)cc1. The third kappa shape index (κ3) is 8.81. The number of benzene rings is 2. The maximum atomic E-state index is 12.0. The summed E-state index contributed by atoms with van der Waals surface area (Å²) in [5, 5.41) is 8.97. The van der Waals surface area contributed by atoms with E-state index in [9.17, 15) is 9.59 Å². The Kier molecular flexibility index (Phi) is 10.7. The van der Waals surface area contributed by atoms with Gasteiger partial charge in [0, 0.05) is 6.42 Å². The molecule has 1 N–H and O–H groups in total. The second-order valence-corrected chi connectivity index (χ2v) is 7.81. The summed E-state index contributed by atoms with van der Waals surface area (Å²) in [6, 6.07) is 14.0. The van der Waals surface area contributed by atoms with Crippen LogP contribution in [0.1, 0.15) is 87.9 Å². The smallest absolute Gasteiger partial charge is 0.335 e. The van der Waals surface area contributed by atoms with Gasteiger partial charge in [-0.05, 0) is 41.8 Å². The molecule has 0 radical (unpaired) electrons. The van der Waals surface area contributed by atoms with E-state index < -0.39 is 5.97 Å². The zero-order valence-electron chi connectivity index (χ0n) is 18.1. The summed E-state index contributed by atoms with van der Waals surface area (Å²) in [5.41, 5.74) is 2.13. The molecule has 2 aromatic rings. The molecular weight excluding hydrogens is 376 g/mol. The zero-order chi connectivity index (χ0) is 21.6. The Balaban J connectivity index is 1.63. The highest BCUT2D eigenvalue weighted by atomic mass is 16.5. The molecule has 0 amide bonds. The van der Waals surface area contributed by atoms with Crippen molar-refractivity contribution >= 4 is 11.9 Å². The van der Waals surface area contributed by atoms with Crippen molar-refractivity contribution in [1.29, 1.82) is 0 Å². The molecule has 0 aliphatic heterocycles. The summed E-state index contributed by atoms with van der Waals surface area (Å²) in [4.78, 5) is 23.0. The predicted octanol–water partition coefficient (Wildman–Crippen LogP) is 7.27. The van der Waals surface area contributed by atoms with Crippen LogP contribution < -0.4 is 4.74 Å². The van der Waals surface area contributed by atoms with Crippen LogP contribution in [0.2, 0.25) is 0 Å². The van der Waals surface area contributed by atoms with Crippen molar-refractivity contribution in [2.24, 2.45) is 0 Å². The number of carboxylic acids is 1. The number of aromatic carboxylic acids is 1. The van der Waals surface area contributed by atoms with Crippen LogP contribution >= 0.6 is 0 Å². The van der Waals surface area contributed by atoms with Crippen molar-refractivity contribution in [3.63, 3.8) is 0 Å². The molecule has 0 fully saturated rings. The molecule has 162 valence electrons. The van der Waals surface area contributed by atoms with E-state index in [4.69, 9.17) is 9.84 Å². The lowest BCUT2D eigenvalue weighted by Gasteiger charge is -2.07. The molecule has 4 nitrogen and oxygen atoms in total. The minimum absolute atomic E-state index is 0.187. The van der Waals surface area contributed by atoms with E-state index in [1.54, 1.807) is 36.4 Å². The first-order chi connectivity index (χ1) is 14.6. The van der Waals surface area contributed by atoms with Crippen LogP contribution in [0.4, 0.5) is 0 Å². The Morgan fingerprint density at radius 3 is 1.67 bits per heavy atom. The van der Waals surface area contributed by atoms with Gasteiger partial charge in [0.05, 0.1) is 5.56 Å². The number of rotatable bonds is 14. The van der Waals surface area contributed by atoms with Gasteiger partial charge >= 0.3 is 11.9 Å². The molecule has 0 saturated heterocycles. The predicted molar refractivity (Wildman–Crippen MR) is 121 cm³/mol. The summed E-state index contributed by atoms with van der Waals surface area (Å²) in [7, 11) is 0. The number of hydrogen-bond acceptors (Lipinski definition) is 3. The quantitative estimate of drug-likeness (QED) is 0.202. The summed E-state index contributed by atoms with van der Waals surface area (Å²) in [6.07, 6.45) is 12.9. The largest absolute Gasteiger partial charge is 0.478 e. The Morgan fingerprint density at radius 1 is 0.700 bits per heavy atom. The Bertz CT molecular complexity index is 763. The first-order valence-electron chi connectivity index (χ1n) is 11.2. The molecule has 0 atom stereocenters. The molecule has 4 heteroatoms. The number of esters is 1. The van der Waals surface area contributed by atoms with Gasteiger partial charge in [0.25, 0.3) is 0 Å². The van der Waals surface area contributed by atoms with Crippen LogP contribution in [-0.2, 0) is 4.79 Å². The summed E-state index contributed by atoms with van der Waals surface area (Å²) in [5.74, 6) is -0.586. The summed E-state index contributed by atoms with van der Waals surface area (Å²) < 4.78 is 5.42. The lowest BCUT2D eigenvalue weighted by Crippen LogP contribution is -2.07. The molecular formula is C26H34O4. The topological polar surface area (TPSA) is 63.6 Å². The van der Waals surface area contributed by atoms with Crippen LogP contribution in [0.15, 0.2) is 48.5 Å². The van der Waals surface area contributed by atoms with Crippen molar-refractivity contribution in [3.8, 4) is 16.9 Å². The molecule has 0 saturated carbocycles. The maximum Gasteiger partial charge on any atom is 0.335 e. The van der Waals surface area contributed by atoms with Gasteiger partial charge in [0.2, 0.25) is 0 Å². The van der Waals surface area contributed by atoms with E-state index in [0.29, 0.717) is 12.2 Å². The average molecular weight is 411 g/mol. The summed E-state index contributed by atoms with van der Waals surface area (Å²) in [6.45, 7) is 2.24. The average Bonchev–Trinajstić information content (AvgIpc) is 2.75. The lowest BCUT2D eigenvalue weighted by atomic mass is 10.0. The maximum absolute atomic E-state index is 12.0. The van der Waals surface area contributed by atoms with Gasteiger partial charge in [-0.3, -0.25) is 4.79 Å². The fourth-order valence-corrected chi connectivity index (χ4v) is 3.46. The van der Waals surface area contributed by atoms with Gasteiger partial charge in [-0.2, -0.15) is 0 Å². The second-order valence-electron chi connectivity index (χ2n) is 7.81. The normalized spacial score (nSPS) is 10.7. The third-order valence-corrected chi connectivity index (χ3v) is 5.29. The van der Waals surface area contributed by atoms with Crippen LogP contribution in [-0.4, -0.2) is 17.0 Å². The zero-order valence-corrected chi connectivity index (χ0v) is 18.1. The molecule has 0 unspecified atom stereocenters. The Hall–Kier alpha value is -2.62. The standard InChI is InChI=1S/C26H34O4/c1-2-3-4-5-6-7-8-9-10-11-12-25(27)30-24-19-17-22(18-20-24)21-13-15-23(16-14-21)26(28)29/h13-20H,2-12H2,1H3,(H,28,29). The number of ether oxygens (including phenoxy) is 1. The van der Waals surface area contributed by atoms with Gasteiger partial charge in [-0.1, -0.05) is 89.0 Å². The molecule has 0 bridgehead atoms. The number of carbonyl (C=O) groups excluding carboxylic acids is 1. The van der Waals surface area contributed by atoms with Gasteiger partial charge in [-0.15, -0.1) is 0 Å². The minimum atomic E-state index is -0.939. The van der Waals surface area contributed by atoms with E-state index in [1.807, 2.05) is 12.1 Å². The first kappa shape index (κ1) is 23.7. The van der Waals surface area contributed by atoms with E-state index in [0.717, 1.165) is 24.0 Å². The number of unbranched alkanes of at least 4 members (excludes halogenated alkanes) is 9. The molecule has 0 spiro atoms. The van der Waals surface area contributed by atoms with E-state index in [1.165, 1.54) is 51.4 Å². The Morgan fingerprint density at radius 2 is 1.17 bits per heavy atom. The minimum Gasteiger partial charge on any atom is -0.478 e. The van der Waals surface area contributed by atoms with E-state index >= 15 is 0 Å². The van der Waals surface area contributed by atoms with Crippen LogP contribution in [0.3, 0.4) is 0 Å². The van der Waals surface area contributed by atoms with Gasteiger partial charge in [0.1, 0.15) is 5.75 Å². The number of hydrogen-bond donors (Lipinski definition) is 1. The number of carbonyl (C=O) groups is 2. The van der Waals surface area contributed by atoms with Gasteiger partial charge < -0.3 is 9.84 Å². The molecule has 0 aliphatic carbocycles. The third-order valence-electron chi connectivity index (χ3n) is 5.29. The lowest BCUT2D eigenvalue weighted by molar-refractivity contribution is -0.134. The van der Waals surface area contributed by atoms with Crippen LogP contribution in [0.5, 0.6) is 5.75 Å². The van der Waals surface area contributed by atoms with Crippen LogP contribution in [0, 0.1) is 0 Å². The van der Waals surface area contributed by atoms with Gasteiger partial charge in [0.15, 0.2) is 0 Å². The monoisotopic (exact) mass is 410 g/mol. The van der Waals surface area contributed by atoms with Crippen molar-refractivity contribution in [1.82, 2.24) is 0 Å². The molecule has 0 heterocycles. The molecule has 2 aromatic carbocycles. The fraction of sp³-hybridized carbons (Fsp3) is 0.462. The highest BCUT2D eigenvalue weighted by Crippen LogP contribution is 2.23. The molecule has 2 rings (SSSR count). The highest BCUT2D eigenvalue weighted by Gasteiger charge is 2.07. The van der Waals surface area contributed by atoms with Gasteiger partial charge in [-0.25, -0.2) is 4.79 Å². The summed E-state index contributed by atoms with van der Waals surface area (Å²) >= 11 is 0. The van der Waals surface area contributed by atoms with E-state index in [2.05, 4.69) is 6.92 Å². The Labute approximate surface area is 180 Å². The fourth-order valence-electron chi connectivity index (χ4n) is 3.46. The number of carboxylic acid groups (broad SMARTS) is 1. The second kappa shape index (κ2) is 13.6. The van der Waals surface area contributed by atoms with Crippen LogP contribution in [0.25, 0.3) is 11.1 Å². The van der Waals surface area contributed by atoms with Crippen molar-refractivity contribution in [2.45, 2.75) is 77.6 Å². The molecule has 30 heavy (non-hydrogen) atoms. The first-order valence-corrected chi connectivity index (χ1v) is 11.2.